The van der Waals surface area contributed by atoms with Gasteiger partial charge in [-0.15, -0.1) is 0 Å². The van der Waals surface area contributed by atoms with Crippen molar-refractivity contribution < 1.29 is 4.74 Å². The minimum atomic E-state index is 0.119. The summed E-state index contributed by atoms with van der Waals surface area (Å²) in [5.74, 6) is 0.685. The summed E-state index contributed by atoms with van der Waals surface area (Å²) in [6.07, 6.45) is 3.93. The van der Waals surface area contributed by atoms with Gasteiger partial charge in [0.05, 0.1) is 0 Å². The second kappa shape index (κ2) is 6.55. The van der Waals surface area contributed by atoms with Crippen molar-refractivity contribution >= 4 is 0 Å². The van der Waals surface area contributed by atoms with Gasteiger partial charge >= 0.3 is 0 Å². The quantitative estimate of drug-likeness (QED) is 0.812. The van der Waals surface area contributed by atoms with Crippen molar-refractivity contribution in [2.45, 2.75) is 46.7 Å². The minimum Gasteiger partial charge on any atom is -0.473 e. The average Bonchev–Trinajstić information content (AvgIpc) is 2.27. The molecule has 0 amide bonds. The normalized spacial score (nSPS) is 12.1. The smallest absolute Gasteiger partial charge is 0.213 e. The summed E-state index contributed by atoms with van der Waals surface area (Å²) in [5.41, 5.74) is 2.35. The Morgan fingerprint density at radius 3 is 2.61 bits per heavy atom. The van der Waals surface area contributed by atoms with Gasteiger partial charge in [0.25, 0.3) is 0 Å². The molecule has 0 radical (unpaired) electrons. The topological polar surface area (TPSA) is 34.1 Å². The number of pyridine rings is 1. The molecule has 1 aromatic rings. The highest BCUT2D eigenvalue weighted by Gasteiger charge is 2.10. The Morgan fingerprint density at radius 1 is 1.33 bits per heavy atom. The molecule has 0 saturated heterocycles. The number of aryl methyl sites for hydroxylation is 1. The van der Waals surface area contributed by atoms with E-state index < -0.39 is 0 Å². The van der Waals surface area contributed by atoms with Crippen LogP contribution < -0.4 is 10.1 Å². The number of hydrogen-bond donors (Lipinski definition) is 1. The van der Waals surface area contributed by atoms with Gasteiger partial charge in [0, 0.05) is 23.8 Å². The first-order valence-corrected chi connectivity index (χ1v) is 6.38. The van der Waals surface area contributed by atoms with E-state index in [0.29, 0.717) is 12.5 Å². The molecule has 0 saturated carbocycles. The van der Waals surface area contributed by atoms with E-state index >= 15 is 0 Å². The summed E-state index contributed by atoms with van der Waals surface area (Å²) in [7, 11) is 0. The number of ether oxygens (including phenoxy) is 1. The van der Waals surface area contributed by atoms with Crippen LogP contribution in [0.1, 0.15) is 39.0 Å². The lowest BCUT2D eigenvalue weighted by Crippen LogP contribution is -2.35. The lowest BCUT2D eigenvalue weighted by atomic mass is 10.1. The number of hydrogen-bond acceptors (Lipinski definition) is 3. The fourth-order valence-corrected chi connectivity index (χ4v) is 1.42. The molecule has 1 N–H and O–H groups in total. The first-order valence-electron chi connectivity index (χ1n) is 6.38. The molecule has 3 nitrogen and oxygen atoms in total. The molecule has 0 aromatic carbocycles. The molecule has 0 aliphatic heterocycles. The molecular formula is C15H24N2O. The van der Waals surface area contributed by atoms with Gasteiger partial charge in [0.2, 0.25) is 5.88 Å². The number of rotatable bonds is 5. The van der Waals surface area contributed by atoms with Gasteiger partial charge in [-0.25, -0.2) is 4.98 Å². The van der Waals surface area contributed by atoms with Crippen LogP contribution >= 0.6 is 0 Å². The summed E-state index contributed by atoms with van der Waals surface area (Å²) in [5, 5.41) is 3.46. The highest BCUT2D eigenvalue weighted by molar-refractivity contribution is 5.25. The molecule has 0 fully saturated rings. The Morgan fingerprint density at radius 2 is 2.06 bits per heavy atom. The van der Waals surface area contributed by atoms with E-state index in [1.807, 2.05) is 32.1 Å². The first-order chi connectivity index (χ1) is 8.42. The zero-order chi connectivity index (χ0) is 13.6. The summed E-state index contributed by atoms with van der Waals surface area (Å²) >= 11 is 0. The summed E-state index contributed by atoms with van der Waals surface area (Å²) < 4.78 is 5.51. The fourth-order valence-electron chi connectivity index (χ4n) is 1.42. The standard InChI is InChI=1S/C15H24N2O/c1-6-7-10-18-14-9-8-13(12(2)17-14)11-16-15(3,4)5/h6-9,16H,10-11H2,1-5H3/b7-6+. The van der Waals surface area contributed by atoms with Gasteiger partial charge < -0.3 is 10.1 Å². The fraction of sp³-hybridized carbons (Fsp3) is 0.533. The van der Waals surface area contributed by atoms with Gasteiger partial charge in [0.15, 0.2) is 0 Å². The maximum Gasteiger partial charge on any atom is 0.213 e. The molecular weight excluding hydrogens is 224 g/mol. The molecule has 0 aliphatic rings. The van der Waals surface area contributed by atoms with E-state index in [0.717, 1.165) is 12.2 Å². The largest absolute Gasteiger partial charge is 0.473 e. The van der Waals surface area contributed by atoms with Crippen LogP contribution in [0.5, 0.6) is 5.88 Å². The van der Waals surface area contributed by atoms with Crippen molar-refractivity contribution in [2.75, 3.05) is 6.61 Å². The SMILES string of the molecule is C/C=C/COc1ccc(CNC(C)(C)C)c(C)n1. The molecule has 1 rings (SSSR count). The minimum absolute atomic E-state index is 0.119. The molecule has 0 unspecified atom stereocenters. The van der Waals surface area contributed by atoms with E-state index in [1.54, 1.807) is 0 Å². The van der Waals surface area contributed by atoms with Crippen molar-refractivity contribution in [1.29, 1.82) is 0 Å². The van der Waals surface area contributed by atoms with E-state index in [9.17, 15) is 0 Å². The molecule has 0 bridgehead atoms. The van der Waals surface area contributed by atoms with Gasteiger partial charge in [-0.2, -0.15) is 0 Å². The summed E-state index contributed by atoms with van der Waals surface area (Å²) in [6.45, 7) is 11.9. The number of aromatic nitrogens is 1. The van der Waals surface area contributed by atoms with Gasteiger partial charge in [-0.1, -0.05) is 18.2 Å². The monoisotopic (exact) mass is 248 g/mol. The van der Waals surface area contributed by atoms with E-state index in [2.05, 4.69) is 37.1 Å². The van der Waals surface area contributed by atoms with Crippen LogP contribution in [0.25, 0.3) is 0 Å². The van der Waals surface area contributed by atoms with Crippen molar-refractivity contribution in [1.82, 2.24) is 10.3 Å². The highest BCUT2D eigenvalue weighted by atomic mass is 16.5. The van der Waals surface area contributed by atoms with Crippen molar-refractivity contribution in [3.8, 4) is 5.88 Å². The molecule has 0 aliphatic carbocycles. The Labute approximate surface area is 110 Å². The van der Waals surface area contributed by atoms with Gasteiger partial charge in [0.1, 0.15) is 6.61 Å². The van der Waals surface area contributed by atoms with Crippen LogP contribution in [0.4, 0.5) is 0 Å². The maximum absolute atomic E-state index is 5.51. The molecule has 100 valence electrons. The second-order valence-electron chi connectivity index (χ2n) is 5.38. The summed E-state index contributed by atoms with van der Waals surface area (Å²) in [6, 6.07) is 4.00. The van der Waals surface area contributed by atoms with Crippen molar-refractivity contribution in [3.05, 3.63) is 35.5 Å². The molecule has 0 spiro atoms. The predicted octanol–water partition coefficient (Wildman–Crippen LogP) is 3.23. The number of nitrogens with one attached hydrogen (secondary N) is 1. The van der Waals surface area contributed by atoms with E-state index in [1.165, 1.54) is 5.56 Å². The third-order valence-corrected chi connectivity index (χ3v) is 2.54. The predicted molar refractivity (Wildman–Crippen MR) is 75.9 cm³/mol. The van der Waals surface area contributed by atoms with Crippen LogP contribution in [0.3, 0.4) is 0 Å². The van der Waals surface area contributed by atoms with Crippen LogP contribution in [-0.2, 0) is 6.54 Å². The Hall–Kier alpha value is -1.35. The average molecular weight is 248 g/mol. The molecule has 3 heteroatoms. The molecule has 18 heavy (non-hydrogen) atoms. The number of allylic oxidation sites excluding steroid dienone is 1. The van der Waals surface area contributed by atoms with Gasteiger partial charge in [-0.3, -0.25) is 0 Å². The Bertz CT molecular complexity index is 405. The second-order valence-corrected chi connectivity index (χ2v) is 5.38. The van der Waals surface area contributed by atoms with Crippen molar-refractivity contribution in [3.63, 3.8) is 0 Å². The third-order valence-electron chi connectivity index (χ3n) is 2.54. The highest BCUT2D eigenvalue weighted by Crippen LogP contribution is 2.13. The van der Waals surface area contributed by atoms with E-state index in [-0.39, 0.29) is 5.54 Å². The number of nitrogens with zero attached hydrogens (tertiary/aromatic N) is 1. The third kappa shape index (κ3) is 5.32. The van der Waals surface area contributed by atoms with Crippen LogP contribution in [0.2, 0.25) is 0 Å². The molecule has 0 atom stereocenters. The molecule has 1 aromatic heterocycles. The van der Waals surface area contributed by atoms with Crippen LogP contribution in [0.15, 0.2) is 24.3 Å². The lowest BCUT2D eigenvalue weighted by Gasteiger charge is -2.21. The summed E-state index contributed by atoms with van der Waals surface area (Å²) in [4.78, 5) is 4.45. The van der Waals surface area contributed by atoms with Gasteiger partial charge in [-0.05, 0) is 40.2 Å². The van der Waals surface area contributed by atoms with E-state index in [4.69, 9.17) is 4.74 Å². The van der Waals surface area contributed by atoms with Crippen LogP contribution in [-0.4, -0.2) is 17.1 Å². The maximum atomic E-state index is 5.51. The zero-order valence-electron chi connectivity index (χ0n) is 12.1. The Balaban J connectivity index is 2.62. The van der Waals surface area contributed by atoms with Crippen molar-refractivity contribution in [2.24, 2.45) is 0 Å². The molecule has 1 heterocycles. The first kappa shape index (κ1) is 14.7. The van der Waals surface area contributed by atoms with Crippen LogP contribution in [0, 0.1) is 6.92 Å². The Kier molecular flexibility index (Phi) is 5.35. The lowest BCUT2D eigenvalue weighted by molar-refractivity contribution is 0.347. The zero-order valence-corrected chi connectivity index (χ0v) is 12.1.